The number of hydrogen-bond acceptors (Lipinski definition) is 2. The summed E-state index contributed by atoms with van der Waals surface area (Å²) in [6.45, 7) is 2.99. The topological polar surface area (TPSA) is 27.0 Å². The van der Waals surface area contributed by atoms with Crippen molar-refractivity contribution in [1.82, 2.24) is 4.90 Å². The summed E-state index contributed by atoms with van der Waals surface area (Å²) in [5, 5.41) is 8.27. The van der Waals surface area contributed by atoms with E-state index < -0.39 is 0 Å². The van der Waals surface area contributed by atoms with Crippen molar-refractivity contribution >= 4 is 11.6 Å². The van der Waals surface area contributed by atoms with Crippen LogP contribution >= 0.6 is 11.6 Å². The van der Waals surface area contributed by atoms with Gasteiger partial charge in [0, 0.05) is 12.6 Å². The Balaban J connectivity index is 2.42. The standard InChI is InChI=1S/C11H19ClN2/c1-9-5-3-4-6-11(9)14(2)8-10(12)7-13/h9-11H,3-6,8H2,1-2H3. The Kier molecular flexibility index (Phi) is 4.71. The molecule has 0 N–H and O–H groups in total. The highest BCUT2D eigenvalue weighted by Crippen LogP contribution is 2.27. The molecule has 0 aromatic heterocycles. The first-order chi connectivity index (χ1) is 6.65. The predicted octanol–water partition coefficient (Wildman–Crippen LogP) is 2.63. The fourth-order valence-electron chi connectivity index (χ4n) is 2.38. The maximum absolute atomic E-state index is 8.64. The maximum atomic E-state index is 8.64. The van der Waals surface area contributed by atoms with Gasteiger partial charge in [0.1, 0.15) is 5.38 Å². The highest BCUT2D eigenvalue weighted by Gasteiger charge is 2.25. The van der Waals surface area contributed by atoms with Gasteiger partial charge in [-0.15, -0.1) is 11.6 Å². The van der Waals surface area contributed by atoms with Gasteiger partial charge in [-0.1, -0.05) is 19.8 Å². The molecule has 2 nitrogen and oxygen atoms in total. The molecule has 1 aliphatic rings. The molecule has 14 heavy (non-hydrogen) atoms. The van der Waals surface area contributed by atoms with Crippen LogP contribution in [0.15, 0.2) is 0 Å². The first kappa shape index (κ1) is 11.8. The van der Waals surface area contributed by atoms with Crippen LogP contribution in [0, 0.1) is 17.2 Å². The summed E-state index contributed by atoms with van der Waals surface area (Å²) in [7, 11) is 2.08. The molecule has 80 valence electrons. The quantitative estimate of drug-likeness (QED) is 0.676. The Hall–Kier alpha value is -0.260. The maximum Gasteiger partial charge on any atom is 0.133 e. The van der Waals surface area contributed by atoms with E-state index in [1.165, 1.54) is 25.7 Å². The molecule has 0 spiro atoms. The summed E-state index contributed by atoms with van der Waals surface area (Å²) in [5.41, 5.74) is 0. The number of alkyl halides is 1. The third-order valence-electron chi connectivity index (χ3n) is 3.22. The molecule has 3 unspecified atom stereocenters. The molecule has 1 rings (SSSR count). The summed E-state index contributed by atoms with van der Waals surface area (Å²) in [5.74, 6) is 0.747. The largest absolute Gasteiger partial charge is 0.301 e. The second kappa shape index (κ2) is 5.58. The van der Waals surface area contributed by atoms with Crippen molar-refractivity contribution < 1.29 is 0 Å². The van der Waals surface area contributed by atoms with E-state index in [-0.39, 0.29) is 5.38 Å². The van der Waals surface area contributed by atoms with Crippen LogP contribution in [-0.4, -0.2) is 29.9 Å². The molecule has 3 heteroatoms. The second-order valence-electron chi connectivity index (χ2n) is 4.37. The fourth-order valence-corrected chi connectivity index (χ4v) is 2.60. The van der Waals surface area contributed by atoms with Crippen molar-refractivity contribution in [1.29, 1.82) is 5.26 Å². The second-order valence-corrected chi connectivity index (χ2v) is 4.89. The minimum absolute atomic E-state index is 0.367. The fraction of sp³-hybridized carbons (Fsp3) is 0.909. The van der Waals surface area contributed by atoms with E-state index in [2.05, 4.69) is 24.9 Å². The van der Waals surface area contributed by atoms with Crippen molar-refractivity contribution in [2.75, 3.05) is 13.6 Å². The lowest BCUT2D eigenvalue weighted by Crippen LogP contribution is -2.41. The normalized spacial score (nSPS) is 29.9. The molecule has 1 saturated carbocycles. The summed E-state index contributed by atoms with van der Waals surface area (Å²) in [6.07, 6.45) is 5.24. The lowest BCUT2D eigenvalue weighted by molar-refractivity contribution is 0.143. The molecule has 0 aliphatic heterocycles. The SMILES string of the molecule is CC1CCCCC1N(C)CC(Cl)C#N. The molecule has 0 amide bonds. The first-order valence-electron chi connectivity index (χ1n) is 5.39. The molecular formula is C11H19ClN2. The Morgan fingerprint density at radius 2 is 2.14 bits per heavy atom. The number of halogens is 1. The Bertz CT molecular complexity index is 212. The molecule has 1 fully saturated rings. The molecule has 0 aromatic rings. The average molecular weight is 215 g/mol. The number of hydrogen-bond donors (Lipinski definition) is 0. The molecule has 3 atom stereocenters. The third-order valence-corrected chi connectivity index (χ3v) is 3.46. The van der Waals surface area contributed by atoms with E-state index in [9.17, 15) is 0 Å². The van der Waals surface area contributed by atoms with Crippen LogP contribution in [0.3, 0.4) is 0 Å². The minimum Gasteiger partial charge on any atom is -0.301 e. The lowest BCUT2D eigenvalue weighted by Gasteiger charge is -2.36. The molecular weight excluding hydrogens is 196 g/mol. The molecule has 0 heterocycles. The van der Waals surface area contributed by atoms with Crippen LogP contribution in [-0.2, 0) is 0 Å². The number of nitriles is 1. The van der Waals surface area contributed by atoms with Crippen molar-refractivity contribution in [3.05, 3.63) is 0 Å². The van der Waals surface area contributed by atoms with Crippen LogP contribution in [0.25, 0.3) is 0 Å². The van der Waals surface area contributed by atoms with E-state index in [0.717, 1.165) is 5.92 Å². The first-order valence-corrected chi connectivity index (χ1v) is 5.82. The summed E-state index contributed by atoms with van der Waals surface area (Å²) < 4.78 is 0. The van der Waals surface area contributed by atoms with Crippen molar-refractivity contribution in [2.45, 2.75) is 44.0 Å². The predicted molar refractivity (Wildman–Crippen MR) is 59.3 cm³/mol. The van der Waals surface area contributed by atoms with Gasteiger partial charge in [0.25, 0.3) is 0 Å². The minimum atomic E-state index is -0.367. The monoisotopic (exact) mass is 214 g/mol. The zero-order chi connectivity index (χ0) is 10.6. The molecule has 0 radical (unpaired) electrons. The molecule has 0 aromatic carbocycles. The number of rotatable bonds is 3. The molecule has 0 bridgehead atoms. The van der Waals surface area contributed by atoms with Crippen molar-refractivity contribution in [2.24, 2.45) is 5.92 Å². The van der Waals surface area contributed by atoms with Gasteiger partial charge in [0.05, 0.1) is 6.07 Å². The van der Waals surface area contributed by atoms with Gasteiger partial charge < -0.3 is 4.90 Å². The van der Waals surface area contributed by atoms with Crippen molar-refractivity contribution in [3.8, 4) is 6.07 Å². The third kappa shape index (κ3) is 3.15. The number of nitrogens with zero attached hydrogens (tertiary/aromatic N) is 2. The van der Waals surface area contributed by atoms with Crippen molar-refractivity contribution in [3.63, 3.8) is 0 Å². The smallest absolute Gasteiger partial charge is 0.133 e. The molecule has 1 aliphatic carbocycles. The Morgan fingerprint density at radius 1 is 1.50 bits per heavy atom. The van der Waals surface area contributed by atoms with E-state index in [0.29, 0.717) is 12.6 Å². The van der Waals surface area contributed by atoms with Gasteiger partial charge in [-0.3, -0.25) is 0 Å². The summed E-state index contributed by atoms with van der Waals surface area (Å²) >= 11 is 5.82. The van der Waals surface area contributed by atoms with E-state index in [1.807, 2.05) is 0 Å². The van der Waals surface area contributed by atoms with Crippen LogP contribution < -0.4 is 0 Å². The Labute approximate surface area is 91.8 Å². The van der Waals surface area contributed by atoms with Crippen LogP contribution in [0.2, 0.25) is 0 Å². The van der Waals surface area contributed by atoms with Gasteiger partial charge in [-0.2, -0.15) is 5.26 Å². The highest BCUT2D eigenvalue weighted by molar-refractivity contribution is 6.22. The van der Waals surface area contributed by atoms with Crippen LogP contribution in [0.1, 0.15) is 32.6 Å². The zero-order valence-corrected chi connectivity index (χ0v) is 9.80. The van der Waals surface area contributed by atoms with Gasteiger partial charge in [0.15, 0.2) is 0 Å². The van der Waals surface area contributed by atoms with E-state index >= 15 is 0 Å². The van der Waals surface area contributed by atoms with E-state index in [1.54, 1.807) is 0 Å². The Morgan fingerprint density at radius 3 is 2.71 bits per heavy atom. The van der Waals surface area contributed by atoms with Crippen LogP contribution in [0.4, 0.5) is 0 Å². The van der Waals surface area contributed by atoms with Gasteiger partial charge >= 0.3 is 0 Å². The summed E-state index contributed by atoms with van der Waals surface area (Å²) in [4.78, 5) is 2.25. The van der Waals surface area contributed by atoms with Gasteiger partial charge in [-0.05, 0) is 25.8 Å². The zero-order valence-electron chi connectivity index (χ0n) is 9.04. The average Bonchev–Trinajstić information content (AvgIpc) is 2.18. The lowest BCUT2D eigenvalue weighted by atomic mass is 9.85. The van der Waals surface area contributed by atoms with Gasteiger partial charge in [0.2, 0.25) is 0 Å². The van der Waals surface area contributed by atoms with Crippen LogP contribution in [0.5, 0.6) is 0 Å². The van der Waals surface area contributed by atoms with Gasteiger partial charge in [-0.25, -0.2) is 0 Å². The van der Waals surface area contributed by atoms with E-state index in [4.69, 9.17) is 16.9 Å². The molecule has 0 saturated heterocycles. The highest BCUT2D eigenvalue weighted by atomic mass is 35.5. The summed E-state index contributed by atoms with van der Waals surface area (Å²) in [6, 6.07) is 2.70.